The predicted octanol–water partition coefficient (Wildman–Crippen LogP) is 5.24. The van der Waals surface area contributed by atoms with Crippen molar-refractivity contribution in [1.82, 2.24) is 0 Å². The van der Waals surface area contributed by atoms with Crippen LogP contribution in [0.4, 0.5) is 11.4 Å². The van der Waals surface area contributed by atoms with Crippen LogP contribution in [0.5, 0.6) is 0 Å². The normalized spacial score (nSPS) is 11.6. The third-order valence-corrected chi connectivity index (χ3v) is 5.64. The molecule has 0 amide bonds. The van der Waals surface area contributed by atoms with Crippen molar-refractivity contribution >= 4 is 50.9 Å². The van der Waals surface area contributed by atoms with Gasteiger partial charge in [-0.25, -0.2) is 10.8 Å². The van der Waals surface area contributed by atoms with Gasteiger partial charge in [0.05, 0.1) is 11.4 Å². The van der Waals surface area contributed by atoms with Crippen molar-refractivity contribution in [3.05, 3.63) is 58.6 Å². The Balaban J connectivity index is 2.16. The summed E-state index contributed by atoms with van der Waals surface area (Å²) in [5.41, 5.74) is 4.43. The summed E-state index contributed by atoms with van der Waals surface area (Å²) in [6.07, 6.45) is 2.04. The molecule has 0 fully saturated rings. The fourth-order valence-corrected chi connectivity index (χ4v) is 3.88. The van der Waals surface area contributed by atoms with E-state index in [1.807, 2.05) is 49.7 Å². The van der Waals surface area contributed by atoms with Gasteiger partial charge in [0.1, 0.15) is 4.38 Å². The first kappa shape index (κ1) is 18.2. The highest BCUT2D eigenvalue weighted by Gasteiger charge is 2.10. The van der Waals surface area contributed by atoms with Crippen LogP contribution in [0.25, 0.3) is 0 Å². The second kappa shape index (κ2) is 8.64. The number of anilines is 1. The van der Waals surface area contributed by atoms with Gasteiger partial charge < -0.3 is 5.01 Å². The number of hydrogen-bond donors (Lipinski definition) is 1. The van der Waals surface area contributed by atoms with E-state index in [0.29, 0.717) is 0 Å². The van der Waals surface area contributed by atoms with Gasteiger partial charge in [-0.2, -0.15) is 0 Å². The Kier molecular flexibility index (Phi) is 6.84. The first-order valence-electron chi connectivity index (χ1n) is 7.09. The maximum absolute atomic E-state index is 5.94. The summed E-state index contributed by atoms with van der Waals surface area (Å²) in [6, 6.07) is 13.7. The van der Waals surface area contributed by atoms with Crippen molar-refractivity contribution < 1.29 is 0 Å². The third kappa shape index (κ3) is 5.18. The van der Waals surface area contributed by atoms with Gasteiger partial charge in [-0.05, 0) is 54.6 Å². The number of hydrazine groups is 1. The lowest BCUT2D eigenvalue weighted by molar-refractivity contribution is 1.00. The minimum Gasteiger partial charge on any atom is -0.314 e. The molecule has 0 radical (unpaired) electrons. The van der Waals surface area contributed by atoms with Gasteiger partial charge in [-0.3, -0.25) is 0 Å². The molecule has 0 saturated heterocycles. The Labute approximate surface area is 151 Å². The van der Waals surface area contributed by atoms with E-state index in [1.165, 1.54) is 11.1 Å². The standard InChI is InChI=1S/C17H20ClN3S2/c1-12-5-4-6-16(21(2)19)15(12)11-23-17(22-3)20-14-9-7-13(18)8-10-14/h4-10H,11,19H2,1-3H3/b20-17-. The van der Waals surface area contributed by atoms with Crippen LogP contribution in [0.3, 0.4) is 0 Å². The topological polar surface area (TPSA) is 41.6 Å². The van der Waals surface area contributed by atoms with Crippen LogP contribution < -0.4 is 10.9 Å². The largest absolute Gasteiger partial charge is 0.314 e. The number of nitrogens with two attached hydrogens (primary N) is 1. The highest BCUT2D eigenvalue weighted by atomic mass is 35.5. The van der Waals surface area contributed by atoms with Crippen LogP contribution in [0, 0.1) is 6.92 Å². The Hall–Kier alpha value is -1.14. The van der Waals surface area contributed by atoms with Crippen molar-refractivity contribution in [3.63, 3.8) is 0 Å². The van der Waals surface area contributed by atoms with Crippen molar-refractivity contribution in [3.8, 4) is 0 Å². The minimum absolute atomic E-state index is 0.720. The molecule has 0 unspecified atom stereocenters. The van der Waals surface area contributed by atoms with Crippen molar-refractivity contribution in [2.24, 2.45) is 10.8 Å². The summed E-state index contributed by atoms with van der Waals surface area (Å²) >= 11 is 9.27. The molecule has 0 aliphatic rings. The molecule has 2 N–H and O–H groups in total. The maximum Gasteiger partial charge on any atom is 0.130 e. The zero-order chi connectivity index (χ0) is 16.8. The first-order valence-corrected chi connectivity index (χ1v) is 9.68. The van der Waals surface area contributed by atoms with Gasteiger partial charge in [0, 0.05) is 17.8 Å². The summed E-state index contributed by atoms with van der Waals surface area (Å²) in [6.45, 7) is 2.11. The minimum atomic E-state index is 0.720. The zero-order valence-electron chi connectivity index (χ0n) is 13.4. The molecule has 122 valence electrons. The number of rotatable bonds is 4. The molecule has 0 atom stereocenters. The van der Waals surface area contributed by atoms with Crippen LogP contribution in [-0.4, -0.2) is 17.7 Å². The van der Waals surface area contributed by atoms with Crippen molar-refractivity contribution in [1.29, 1.82) is 0 Å². The molecule has 0 aliphatic carbocycles. The van der Waals surface area contributed by atoms with Crippen molar-refractivity contribution in [2.45, 2.75) is 12.7 Å². The smallest absolute Gasteiger partial charge is 0.130 e. The lowest BCUT2D eigenvalue weighted by Gasteiger charge is -2.18. The molecular weight excluding hydrogens is 346 g/mol. The quantitative estimate of drug-likeness (QED) is 0.348. The molecule has 2 rings (SSSR count). The average molecular weight is 366 g/mol. The van der Waals surface area contributed by atoms with Crippen molar-refractivity contribution in [2.75, 3.05) is 18.3 Å². The number of hydrogen-bond acceptors (Lipinski definition) is 5. The molecule has 2 aromatic rings. The van der Waals surface area contributed by atoms with Crippen LogP contribution in [0.1, 0.15) is 11.1 Å². The molecule has 2 aromatic carbocycles. The Morgan fingerprint density at radius 1 is 1.22 bits per heavy atom. The van der Waals surface area contributed by atoms with E-state index in [9.17, 15) is 0 Å². The Morgan fingerprint density at radius 3 is 2.52 bits per heavy atom. The summed E-state index contributed by atoms with van der Waals surface area (Å²) < 4.78 is 1.01. The van der Waals surface area contributed by atoms with Gasteiger partial charge in [0.25, 0.3) is 0 Å². The molecule has 3 nitrogen and oxygen atoms in total. The van der Waals surface area contributed by atoms with Gasteiger partial charge >= 0.3 is 0 Å². The lowest BCUT2D eigenvalue weighted by atomic mass is 10.1. The van der Waals surface area contributed by atoms with Crippen LogP contribution in [0.2, 0.25) is 5.02 Å². The van der Waals surface area contributed by atoms with Crippen LogP contribution >= 0.6 is 35.1 Å². The van der Waals surface area contributed by atoms with Gasteiger partial charge in [0.2, 0.25) is 0 Å². The molecule has 6 heteroatoms. The van der Waals surface area contributed by atoms with Crippen LogP contribution in [0.15, 0.2) is 47.5 Å². The second-order valence-electron chi connectivity index (χ2n) is 5.03. The number of aliphatic imine (C=N–C) groups is 1. The number of thioether (sulfide) groups is 2. The summed E-state index contributed by atoms with van der Waals surface area (Å²) in [7, 11) is 1.86. The van der Waals surface area contributed by atoms with E-state index in [2.05, 4.69) is 18.0 Å². The highest BCUT2D eigenvalue weighted by Crippen LogP contribution is 2.30. The van der Waals surface area contributed by atoms with E-state index in [0.717, 1.165) is 26.5 Å². The summed E-state index contributed by atoms with van der Waals surface area (Å²) in [4.78, 5) is 4.68. The molecule has 23 heavy (non-hydrogen) atoms. The first-order chi connectivity index (χ1) is 11.0. The predicted molar refractivity (Wildman–Crippen MR) is 107 cm³/mol. The number of halogens is 1. The Morgan fingerprint density at radius 2 is 1.91 bits per heavy atom. The molecule has 0 saturated carbocycles. The van der Waals surface area contributed by atoms with E-state index in [1.54, 1.807) is 28.5 Å². The zero-order valence-corrected chi connectivity index (χ0v) is 15.8. The van der Waals surface area contributed by atoms with Gasteiger partial charge in [-0.15, -0.1) is 11.8 Å². The molecule has 0 heterocycles. The average Bonchev–Trinajstić information content (AvgIpc) is 2.53. The lowest BCUT2D eigenvalue weighted by Crippen LogP contribution is -2.26. The fourth-order valence-electron chi connectivity index (χ4n) is 2.10. The van der Waals surface area contributed by atoms with E-state index >= 15 is 0 Å². The highest BCUT2D eigenvalue weighted by molar-refractivity contribution is 8.38. The second-order valence-corrected chi connectivity index (χ2v) is 7.48. The SMILES string of the molecule is CS/C(=N/c1ccc(Cl)cc1)SCc1c(C)cccc1N(C)N. The molecule has 0 aliphatic heterocycles. The molecule has 0 spiro atoms. The van der Waals surface area contributed by atoms with E-state index in [4.69, 9.17) is 17.4 Å². The molecular formula is C17H20ClN3S2. The van der Waals surface area contributed by atoms with E-state index < -0.39 is 0 Å². The molecule has 0 bridgehead atoms. The van der Waals surface area contributed by atoms with Crippen LogP contribution in [-0.2, 0) is 5.75 Å². The Bertz CT molecular complexity index is 685. The monoisotopic (exact) mass is 365 g/mol. The van der Waals surface area contributed by atoms with Gasteiger partial charge in [0.15, 0.2) is 0 Å². The molecule has 0 aromatic heterocycles. The number of aryl methyl sites for hydroxylation is 1. The maximum atomic E-state index is 5.94. The van der Waals surface area contributed by atoms with E-state index in [-0.39, 0.29) is 0 Å². The number of benzene rings is 2. The summed E-state index contributed by atoms with van der Waals surface area (Å²) in [5.74, 6) is 6.77. The number of nitrogens with zero attached hydrogens (tertiary/aromatic N) is 2. The van der Waals surface area contributed by atoms with Gasteiger partial charge in [-0.1, -0.05) is 35.5 Å². The third-order valence-electron chi connectivity index (χ3n) is 3.33. The fraction of sp³-hybridized carbons (Fsp3) is 0.235. The summed E-state index contributed by atoms with van der Waals surface area (Å²) in [5, 5.41) is 2.38.